The molecule has 0 radical (unpaired) electrons. The molecule has 0 atom stereocenters. The third kappa shape index (κ3) is 1.82. The second-order valence-electron chi connectivity index (χ2n) is 4.54. The van der Waals surface area contributed by atoms with Crippen LogP contribution < -0.4 is 0 Å². The van der Waals surface area contributed by atoms with Crippen molar-refractivity contribution >= 4 is 5.78 Å². The van der Waals surface area contributed by atoms with Crippen molar-refractivity contribution < 1.29 is 4.79 Å². The summed E-state index contributed by atoms with van der Waals surface area (Å²) in [5, 5.41) is 0. The van der Waals surface area contributed by atoms with Crippen LogP contribution in [0.5, 0.6) is 0 Å². The van der Waals surface area contributed by atoms with Crippen LogP contribution in [0.1, 0.15) is 27.9 Å². The number of hydrogen-bond donors (Lipinski definition) is 0. The summed E-state index contributed by atoms with van der Waals surface area (Å²) in [5.41, 5.74) is 3.74. The number of hydrogen-bond acceptors (Lipinski definition) is 2. The molecule has 0 bridgehead atoms. The molecule has 1 aromatic carbocycles. The minimum atomic E-state index is 0.280. The summed E-state index contributed by atoms with van der Waals surface area (Å²) in [6.07, 6.45) is 3.59. The number of carbonyl (C=O) groups excluding carboxylic acids is 1. The van der Waals surface area contributed by atoms with Gasteiger partial charge in [-0.3, -0.25) is 9.69 Å². The van der Waals surface area contributed by atoms with Gasteiger partial charge in [0.25, 0.3) is 0 Å². The first-order chi connectivity index (χ1) is 7.33. The molecule has 0 saturated carbocycles. The summed E-state index contributed by atoms with van der Waals surface area (Å²) in [7, 11) is 0. The second kappa shape index (κ2) is 3.46. The summed E-state index contributed by atoms with van der Waals surface area (Å²) in [5.74, 6) is 0.280. The SMILES string of the molecule is O=C(CN1CC1)c1ccc2c(c1)CCC2. The number of benzene rings is 1. The molecule has 0 unspecified atom stereocenters. The van der Waals surface area contributed by atoms with Crippen molar-refractivity contribution in [1.82, 2.24) is 4.90 Å². The van der Waals surface area contributed by atoms with Gasteiger partial charge in [0.05, 0.1) is 6.54 Å². The molecule has 78 valence electrons. The third-order valence-electron chi connectivity index (χ3n) is 3.33. The van der Waals surface area contributed by atoms with Crippen molar-refractivity contribution in [1.29, 1.82) is 0 Å². The molecule has 15 heavy (non-hydrogen) atoms. The molecule has 0 amide bonds. The number of fused-ring (bicyclic) bond motifs is 1. The molecule has 1 heterocycles. The Labute approximate surface area is 89.9 Å². The van der Waals surface area contributed by atoms with Gasteiger partial charge >= 0.3 is 0 Å². The lowest BCUT2D eigenvalue weighted by molar-refractivity contribution is 0.0974. The van der Waals surface area contributed by atoms with Crippen LogP contribution in [-0.4, -0.2) is 30.3 Å². The molecule has 2 aliphatic rings. The Hall–Kier alpha value is -1.15. The lowest BCUT2D eigenvalue weighted by Crippen LogP contribution is -2.13. The first kappa shape index (κ1) is 9.10. The minimum absolute atomic E-state index is 0.280. The molecule has 1 fully saturated rings. The van der Waals surface area contributed by atoms with E-state index >= 15 is 0 Å². The fraction of sp³-hybridized carbons (Fsp3) is 0.462. The van der Waals surface area contributed by atoms with Gasteiger partial charge in [0, 0.05) is 18.7 Å². The number of aryl methyl sites for hydroxylation is 2. The fourth-order valence-electron chi connectivity index (χ4n) is 2.27. The molecule has 0 aromatic heterocycles. The maximum absolute atomic E-state index is 11.9. The Bertz CT molecular complexity index is 407. The van der Waals surface area contributed by atoms with Crippen molar-refractivity contribution in [2.45, 2.75) is 19.3 Å². The summed E-state index contributed by atoms with van der Waals surface area (Å²) < 4.78 is 0. The quantitative estimate of drug-likeness (QED) is 0.547. The fourth-order valence-corrected chi connectivity index (χ4v) is 2.27. The molecule has 3 rings (SSSR count). The van der Waals surface area contributed by atoms with E-state index in [1.54, 1.807) is 0 Å². The van der Waals surface area contributed by atoms with Gasteiger partial charge in [0.15, 0.2) is 5.78 Å². The van der Waals surface area contributed by atoms with Crippen molar-refractivity contribution in [3.63, 3.8) is 0 Å². The van der Waals surface area contributed by atoms with Crippen molar-refractivity contribution in [3.8, 4) is 0 Å². The van der Waals surface area contributed by atoms with E-state index in [4.69, 9.17) is 0 Å². The van der Waals surface area contributed by atoms with Crippen LogP contribution in [0.25, 0.3) is 0 Å². The van der Waals surface area contributed by atoms with E-state index in [0.717, 1.165) is 25.1 Å². The zero-order valence-electron chi connectivity index (χ0n) is 8.83. The van der Waals surface area contributed by atoms with E-state index in [1.807, 2.05) is 6.07 Å². The average molecular weight is 201 g/mol. The number of nitrogens with zero attached hydrogens (tertiary/aromatic N) is 1. The van der Waals surface area contributed by atoms with E-state index in [2.05, 4.69) is 17.0 Å². The zero-order valence-corrected chi connectivity index (χ0v) is 8.83. The number of carbonyl (C=O) groups is 1. The molecule has 0 N–H and O–H groups in total. The second-order valence-corrected chi connectivity index (χ2v) is 4.54. The highest BCUT2D eigenvalue weighted by Gasteiger charge is 2.21. The van der Waals surface area contributed by atoms with Gasteiger partial charge < -0.3 is 0 Å². The topological polar surface area (TPSA) is 20.1 Å². The first-order valence-electron chi connectivity index (χ1n) is 5.70. The molecule has 1 aliphatic carbocycles. The van der Waals surface area contributed by atoms with Crippen LogP contribution in [0.4, 0.5) is 0 Å². The van der Waals surface area contributed by atoms with Gasteiger partial charge in [-0.25, -0.2) is 0 Å². The van der Waals surface area contributed by atoms with Crippen LogP contribution in [0, 0.1) is 0 Å². The molecular formula is C13H15NO. The lowest BCUT2D eigenvalue weighted by Gasteiger charge is -2.04. The Kier molecular flexibility index (Phi) is 2.10. The van der Waals surface area contributed by atoms with Gasteiger partial charge in [-0.15, -0.1) is 0 Å². The number of ketones is 1. The Morgan fingerprint density at radius 2 is 2.00 bits per heavy atom. The number of rotatable bonds is 3. The van der Waals surface area contributed by atoms with Crippen molar-refractivity contribution in [3.05, 3.63) is 34.9 Å². The normalized spacial score (nSPS) is 18.9. The van der Waals surface area contributed by atoms with Crippen molar-refractivity contribution in [2.75, 3.05) is 19.6 Å². The van der Waals surface area contributed by atoms with Crippen LogP contribution in [0.3, 0.4) is 0 Å². The third-order valence-corrected chi connectivity index (χ3v) is 3.33. The minimum Gasteiger partial charge on any atom is -0.293 e. The van der Waals surface area contributed by atoms with Gasteiger partial charge in [0.2, 0.25) is 0 Å². The highest BCUT2D eigenvalue weighted by atomic mass is 16.1. The Balaban J connectivity index is 1.82. The van der Waals surface area contributed by atoms with Gasteiger partial charge in [0.1, 0.15) is 0 Å². The largest absolute Gasteiger partial charge is 0.293 e. The van der Waals surface area contributed by atoms with Crippen LogP contribution in [-0.2, 0) is 12.8 Å². The standard InChI is InChI=1S/C13H15NO/c15-13(9-14-6-7-14)12-5-4-10-2-1-3-11(10)8-12/h4-5,8H,1-3,6-7,9H2. The summed E-state index contributed by atoms with van der Waals surface area (Å²) >= 11 is 0. The maximum atomic E-state index is 11.9. The predicted octanol–water partition coefficient (Wildman–Crippen LogP) is 1.67. The smallest absolute Gasteiger partial charge is 0.176 e. The van der Waals surface area contributed by atoms with E-state index < -0.39 is 0 Å². The van der Waals surface area contributed by atoms with E-state index in [9.17, 15) is 4.79 Å². The number of Topliss-reactive ketones (excluding diaryl/α,β-unsaturated/α-hetero) is 1. The van der Waals surface area contributed by atoms with Crippen LogP contribution in [0.15, 0.2) is 18.2 Å². The highest BCUT2D eigenvalue weighted by molar-refractivity contribution is 5.98. The molecule has 1 aliphatic heterocycles. The van der Waals surface area contributed by atoms with Gasteiger partial charge in [-0.05, 0) is 36.5 Å². The Morgan fingerprint density at radius 3 is 2.80 bits per heavy atom. The Morgan fingerprint density at radius 1 is 1.20 bits per heavy atom. The molecule has 2 nitrogen and oxygen atoms in total. The summed E-state index contributed by atoms with van der Waals surface area (Å²) in [4.78, 5) is 14.0. The predicted molar refractivity (Wildman–Crippen MR) is 59.2 cm³/mol. The van der Waals surface area contributed by atoms with Crippen molar-refractivity contribution in [2.24, 2.45) is 0 Å². The van der Waals surface area contributed by atoms with E-state index in [-0.39, 0.29) is 5.78 Å². The van der Waals surface area contributed by atoms with Gasteiger partial charge in [-0.2, -0.15) is 0 Å². The van der Waals surface area contributed by atoms with Crippen LogP contribution >= 0.6 is 0 Å². The monoisotopic (exact) mass is 201 g/mol. The van der Waals surface area contributed by atoms with E-state index in [0.29, 0.717) is 6.54 Å². The maximum Gasteiger partial charge on any atom is 0.176 e. The zero-order chi connectivity index (χ0) is 10.3. The van der Waals surface area contributed by atoms with Gasteiger partial charge in [-0.1, -0.05) is 12.1 Å². The first-order valence-corrected chi connectivity index (χ1v) is 5.70. The molecule has 0 spiro atoms. The highest BCUT2D eigenvalue weighted by Crippen LogP contribution is 2.23. The van der Waals surface area contributed by atoms with Crippen LogP contribution in [0.2, 0.25) is 0 Å². The molecule has 1 saturated heterocycles. The summed E-state index contributed by atoms with van der Waals surface area (Å²) in [6.45, 7) is 2.80. The molecule has 1 aromatic rings. The molecular weight excluding hydrogens is 186 g/mol. The summed E-state index contributed by atoms with van der Waals surface area (Å²) in [6, 6.07) is 6.24. The lowest BCUT2D eigenvalue weighted by atomic mass is 10.0. The van der Waals surface area contributed by atoms with E-state index in [1.165, 1.54) is 24.0 Å². The molecule has 2 heteroatoms. The average Bonchev–Trinajstić information content (AvgIpc) is 2.94.